The van der Waals surface area contributed by atoms with Crippen LogP contribution in [0.1, 0.15) is 12.8 Å². The van der Waals surface area contributed by atoms with Gasteiger partial charge in [0.15, 0.2) is 0 Å². The molecule has 0 amide bonds. The molecule has 0 saturated heterocycles. The van der Waals surface area contributed by atoms with Crippen molar-refractivity contribution in [1.82, 2.24) is 5.32 Å². The molecule has 48 valence electrons. The van der Waals surface area contributed by atoms with Gasteiger partial charge in [-0.15, -0.1) is 0 Å². The molecular weight excluding hydrogens is 213 g/mol. The number of hydrogen-bond donors (Lipinski definition) is 1. The molecule has 8 heavy (non-hydrogen) atoms. The second-order valence-corrected chi connectivity index (χ2v) is 3.42. The van der Waals surface area contributed by atoms with Crippen LogP contribution in [0.15, 0.2) is 0 Å². The van der Waals surface area contributed by atoms with Gasteiger partial charge in [-0.05, 0) is 25.3 Å². The lowest BCUT2D eigenvalue weighted by atomic mass is 10.4. The van der Waals surface area contributed by atoms with E-state index in [9.17, 15) is 0 Å². The first-order chi connectivity index (χ1) is 3.93. The largest absolute Gasteiger partial charge is 0.316 e. The van der Waals surface area contributed by atoms with Gasteiger partial charge in [-0.25, -0.2) is 0 Å². The summed E-state index contributed by atoms with van der Waals surface area (Å²) in [4.78, 5) is 0. The Labute approximate surface area is 64.4 Å². The molecule has 0 aromatic rings. The average molecular weight is 225 g/mol. The summed E-state index contributed by atoms with van der Waals surface area (Å²) in [5.74, 6) is 1.04. The molecule has 1 saturated carbocycles. The zero-order valence-corrected chi connectivity index (χ0v) is 7.15. The number of hydrogen-bond acceptors (Lipinski definition) is 1. The van der Waals surface area contributed by atoms with Gasteiger partial charge in [0.1, 0.15) is 0 Å². The molecule has 2 heteroatoms. The number of halogens is 1. The Bertz CT molecular complexity index is 61.5. The lowest BCUT2D eigenvalue weighted by molar-refractivity contribution is 0.668. The molecule has 1 aliphatic rings. The third kappa shape index (κ3) is 2.87. The minimum atomic E-state index is 1.04. The Morgan fingerprint density at radius 3 is 2.75 bits per heavy atom. The zero-order valence-electron chi connectivity index (χ0n) is 4.99. The van der Waals surface area contributed by atoms with E-state index in [4.69, 9.17) is 0 Å². The average Bonchev–Trinajstić information content (AvgIpc) is 2.51. The molecule has 0 bridgehead atoms. The van der Waals surface area contributed by atoms with E-state index in [1.54, 1.807) is 0 Å². The van der Waals surface area contributed by atoms with Crippen molar-refractivity contribution in [1.29, 1.82) is 0 Å². The Balaban J connectivity index is 1.74. The molecule has 0 spiro atoms. The lowest BCUT2D eigenvalue weighted by Gasteiger charge is -1.96. The summed E-state index contributed by atoms with van der Waals surface area (Å²) in [6, 6.07) is 0. The van der Waals surface area contributed by atoms with Gasteiger partial charge in [-0.2, -0.15) is 0 Å². The topological polar surface area (TPSA) is 12.0 Å². The maximum atomic E-state index is 3.39. The van der Waals surface area contributed by atoms with E-state index in [-0.39, 0.29) is 0 Å². The van der Waals surface area contributed by atoms with Crippen LogP contribution < -0.4 is 5.32 Å². The predicted molar refractivity (Wildman–Crippen MR) is 44.5 cm³/mol. The van der Waals surface area contributed by atoms with Crippen molar-refractivity contribution in [3.05, 3.63) is 0 Å². The molecule has 1 N–H and O–H groups in total. The highest BCUT2D eigenvalue weighted by atomic mass is 127. The quantitative estimate of drug-likeness (QED) is 0.433. The van der Waals surface area contributed by atoms with Crippen LogP contribution in [0, 0.1) is 5.92 Å². The molecule has 0 aromatic heterocycles. The van der Waals surface area contributed by atoms with E-state index in [1.807, 2.05) is 0 Å². The van der Waals surface area contributed by atoms with Gasteiger partial charge in [-0.1, -0.05) is 22.6 Å². The van der Waals surface area contributed by atoms with Crippen molar-refractivity contribution in [2.24, 2.45) is 5.92 Å². The van der Waals surface area contributed by atoms with E-state index in [1.165, 1.54) is 30.4 Å². The Morgan fingerprint density at radius 2 is 2.25 bits per heavy atom. The third-order valence-electron chi connectivity index (χ3n) is 1.40. The Kier molecular flexibility index (Phi) is 3.12. The molecule has 0 heterocycles. The fourth-order valence-corrected chi connectivity index (χ4v) is 1.08. The van der Waals surface area contributed by atoms with Gasteiger partial charge in [0.2, 0.25) is 0 Å². The SMILES string of the molecule is ICCNCC1CC1. The summed E-state index contributed by atoms with van der Waals surface area (Å²) in [5.41, 5.74) is 0. The van der Waals surface area contributed by atoms with Crippen LogP contribution in [0.3, 0.4) is 0 Å². The highest BCUT2D eigenvalue weighted by Gasteiger charge is 2.19. The van der Waals surface area contributed by atoms with E-state index < -0.39 is 0 Å². The zero-order chi connectivity index (χ0) is 5.82. The third-order valence-corrected chi connectivity index (χ3v) is 1.94. The predicted octanol–water partition coefficient (Wildman–Crippen LogP) is 1.42. The maximum Gasteiger partial charge on any atom is 0.0121 e. The van der Waals surface area contributed by atoms with E-state index in [0.717, 1.165) is 5.92 Å². The Morgan fingerprint density at radius 1 is 1.50 bits per heavy atom. The van der Waals surface area contributed by atoms with Crippen LogP contribution in [0.4, 0.5) is 0 Å². The van der Waals surface area contributed by atoms with Gasteiger partial charge in [0.05, 0.1) is 0 Å². The minimum absolute atomic E-state index is 1.04. The first-order valence-electron chi connectivity index (χ1n) is 3.20. The fourth-order valence-electron chi connectivity index (χ4n) is 0.695. The van der Waals surface area contributed by atoms with E-state index in [0.29, 0.717) is 0 Å². The Hall–Kier alpha value is 0.690. The van der Waals surface area contributed by atoms with Crippen molar-refractivity contribution >= 4 is 22.6 Å². The lowest BCUT2D eigenvalue weighted by Crippen LogP contribution is -2.18. The highest BCUT2D eigenvalue weighted by Crippen LogP contribution is 2.27. The maximum absolute atomic E-state index is 3.39. The first-order valence-corrected chi connectivity index (χ1v) is 4.72. The van der Waals surface area contributed by atoms with E-state index in [2.05, 4.69) is 27.9 Å². The molecule has 1 nitrogen and oxygen atoms in total. The van der Waals surface area contributed by atoms with Crippen molar-refractivity contribution in [3.63, 3.8) is 0 Å². The number of rotatable bonds is 4. The van der Waals surface area contributed by atoms with Crippen molar-refractivity contribution in [2.45, 2.75) is 12.8 Å². The summed E-state index contributed by atoms with van der Waals surface area (Å²) in [6.45, 7) is 2.46. The van der Waals surface area contributed by atoms with Crippen LogP contribution in [0.5, 0.6) is 0 Å². The molecule has 1 fully saturated rings. The smallest absolute Gasteiger partial charge is 0.0121 e. The van der Waals surface area contributed by atoms with Gasteiger partial charge < -0.3 is 5.32 Å². The number of nitrogens with one attached hydrogen (secondary N) is 1. The van der Waals surface area contributed by atoms with Crippen LogP contribution in [0.25, 0.3) is 0 Å². The molecule has 1 aliphatic carbocycles. The van der Waals surface area contributed by atoms with Crippen LogP contribution >= 0.6 is 22.6 Å². The van der Waals surface area contributed by atoms with Crippen LogP contribution in [0.2, 0.25) is 0 Å². The monoisotopic (exact) mass is 225 g/mol. The second-order valence-electron chi connectivity index (χ2n) is 2.34. The van der Waals surface area contributed by atoms with Crippen LogP contribution in [-0.4, -0.2) is 17.5 Å². The highest BCUT2D eigenvalue weighted by molar-refractivity contribution is 14.1. The summed E-state index contributed by atoms with van der Waals surface area (Å²) in [5, 5.41) is 3.39. The number of alkyl halides is 1. The molecule has 0 aromatic carbocycles. The van der Waals surface area contributed by atoms with Crippen molar-refractivity contribution in [3.8, 4) is 0 Å². The second kappa shape index (κ2) is 3.67. The first kappa shape index (κ1) is 6.81. The molecule has 1 rings (SSSR count). The minimum Gasteiger partial charge on any atom is -0.316 e. The summed E-state index contributed by atoms with van der Waals surface area (Å²) < 4.78 is 1.24. The van der Waals surface area contributed by atoms with Crippen LogP contribution in [-0.2, 0) is 0 Å². The van der Waals surface area contributed by atoms with Crippen molar-refractivity contribution < 1.29 is 0 Å². The molecule has 0 radical (unpaired) electrons. The van der Waals surface area contributed by atoms with E-state index >= 15 is 0 Å². The van der Waals surface area contributed by atoms with Gasteiger partial charge in [0.25, 0.3) is 0 Å². The molecule has 0 atom stereocenters. The molecular formula is C6H12IN. The van der Waals surface area contributed by atoms with Crippen molar-refractivity contribution in [2.75, 3.05) is 17.5 Å². The summed E-state index contributed by atoms with van der Waals surface area (Å²) >= 11 is 2.39. The summed E-state index contributed by atoms with van der Waals surface area (Å²) in [6.07, 6.45) is 2.93. The van der Waals surface area contributed by atoms with Gasteiger partial charge in [-0.3, -0.25) is 0 Å². The normalized spacial score (nSPS) is 19.1. The standard InChI is InChI=1S/C6H12IN/c7-3-4-8-5-6-1-2-6/h6,8H,1-5H2. The fraction of sp³-hybridized carbons (Fsp3) is 1.00. The van der Waals surface area contributed by atoms with Gasteiger partial charge >= 0.3 is 0 Å². The molecule has 0 unspecified atom stereocenters. The van der Waals surface area contributed by atoms with Gasteiger partial charge in [0, 0.05) is 11.0 Å². The summed E-state index contributed by atoms with van der Waals surface area (Å²) in [7, 11) is 0. The molecule has 0 aliphatic heterocycles.